The predicted molar refractivity (Wildman–Crippen MR) is 135 cm³/mol. The third kappa shape index (κ3) is 7.20. The van der Waals surface area contributed by atoms with Crippen LogP contribution in [0.3, 0.4) is 0 Å². The van der Waals surface area contributed by atoms with Crippen molar-refractivity contribution in [2.75, 3.05) is 20.8 Å². The van der Waals surface area contributed by atoms with E-state index >= 15 is 0 Å². The SMILES string of the molecule is C=CCN=C(SCc1ccccc1)N(Cc1ccc(OC)cc1)Cc1ccc(OC)cc1. The van der Waals surface area contributed by atoms with Gasteiger partial charge in [-0.25, -0.2) is 0 Å². The summed E-state index contributed by atoms with van der Waals surface area (Å²) < 4.78 is 10.6. The fraction of sp³-hybridized carbons (Fsp3) is 0.222. The number of benzene rings is 3. The zero-order chi connectivity index (χ0) is 22.6. The molecule has 0 aliphatic rings. The second kappa shape index (κ2) is 12.6. The normalized spacial score (nSPS) is 11.1. The lowest BCUT2D eigenvalue weighted by Crippen LogP contribution is -2.28. The van der Waals surface area contributed by atoms with Crippen LogP contribution in [0.5, 0.6) is 11.5 Å². The Balaban J connectivity index is 1.84. The molecule has 4 nitrogen and oxygen atoms in total. The van der Waals surface area contributed by atoms with Gasteiger partial charge in [0.25, 0.3) is 0 Å². The van der Waals surface area contributed by atoms with E-state index in [1.807, 2.05) is 36.4 Å². The van der Waals surface area contributed by atoms with Gasteiger partial charge in [-0.1, -0.05) is 72.4 Å². The Bertz CT molecular complexity index is 937. The van der Waals surface area contributed by atoms with Crippen LogP contribution < -0.4 is 9.47 Å². The molecule has 0 amide bonds. The number of hydrogen-bond acceptors (Lipinski definition) is 4. The number of thioether (sulfide) groups is 1. The molecule has 0 saturated heterocycles. The summed E-state index contributed by atoms with van der Waals surface area (Å²) in [7, 11) is 3.37. The number of rotatable bonds is 10. The number of aliphatic imine (C=N–C) groups is 1. The fourth-order valence-electron chi connectivity index (χ4n) is 3.20. The van der Waals surface area contributed by atoms with Crippen LogP contribution in [0.4, 0.5) is 0 Å². The van der Waals surface area contributed by atoms with Crippen molar-refractivity contribution in [2.24, 2.45) is 4.99 Å². The molecule has 0 N–H and O–H groups in total. The van der Waals surface area contributed by atoms with Gasteiger partial charge in [-0.05, 0) is 41.0 Å². The maximum absolute atomic E-state index is 5.32. The predicted octanol–water partition coefficient (Wildman–Crippen LogP) is 6.18. The zero-order valence-electron chi connectivity index (χ0n) is 18.7. The van der Waals surface area contributed by atoms with Gasteiger partial charge in [0.15, 0.2) is 5.17 Å². The van der Waals surface area contributed by atoms with Crippen LogP contribution >= 0.6 is 11.8 Å². The van der Waals surface area contributed by atoms with Crippen LogP contribution in [0.2, 0.25) is 0 Å². The summed E-state index contributed by atoms with van der Waals surface area (Å²) in [5.74, 6) is 2.57. The van der Waals surface area contributed by atoms with Crippen LogP contribution in [0.1, 0.15) is 16.7 Å². The summed E-state index contributed by atoms with van der Waals surface area (Å²) in [6.45, 7) is 5.92. The van der Waals surface area contributed by atoms with E-state index in [1.165, 1.54) is 16.7 Å². The molecule has 3 rings (SSSR count). The lowest BCUT2D eigenvalue weighted by Gasteiger charge is -2.26. The van der Waals surface area contributed by atoms with Gasteiger partial charge >= 0.3 is 0 Å². The molecule has 0 aromatic heterocycles. The summed E-state index contributed by atoms with van der Waals surface area (Å²) in [5, 5.41) is 1.00. The highest BCUT2D eigenvalue weighted by Gasteiger charge is 2.14. The van der Waals surface area contributed by atoms with Crippen molar-refractivity contribution >= 4 is 16.9 Å². The highest BCUT2D eigenvalue weighted by Crippen LogP contribution is 2.23. The van der Waals surface area contributed by atoms with E-state index in [0.717, 1.165) is 35.5 Å². The van der Waals surface area contributed by atoms with Gasteiger partial charge in [0.1, 0.15) is 11.5 Å². The molecule has 0 unspecified atom stereocenters. The molecule has 0 atom stereocenters. The Kier molecular flexibility index (Phi) is 9.26. The summed E-state index contributed by atoms with van der Waals surface area (Å²) in [5.41, 5.74) is 3.68. The Hall–Kier alpha value is -3.18. The molecule has 32 heavy (non-hydrogen) atoms. The van der Waals surface area contributed by atoms with Gasteiger partial charge in [-0.2, -0.15) is 0 Å². The Morgan fingerprint density at radius 2 is 1.34 bits per heavy atom. The molecule has 0 heterocycles. The summed E-state index contributed by atoms with van der Waals surface area (Å²) in [6.07, 6.45) is 1.84. The van der Waals surface area contributed by atoms with Crippen LogP contribution in [0.15, 0.2) is 96.5 Å². The molecule has 0 spiro atoms. The minimum absolute atomic E-state index is 0.582. The van der Waals surface area contributed by atoms with E-state index in [4.69, 9.17) is 14.5 Å². The average molecular weight is 447 g/mol. The third-order valence-corrected chi connectivity index (χ3v) is 6.03. The van der Waals surface area contributed by atoms with Crippen molar-refractivity contribution < 1.29 is 9.47 Å². The number of amidine groups is 1. The highest BCUT2D eigenvalue weighted by atomic mass is 32.2. The average Bonchev–Trinajstić information content (AvgIpc) is 2.85. The van der Waals surface area contributed by atoms with Crippen LogP contribution in [-0.4, -0.2) is 30.8 Å². The topological polar surface area (TPSA) is 34.1 Å². The molecule has 3 aromatic carbocycles. The quantitative estimate of drug-likeness (QED) is 0.211. The molecular formula is C27H30N2O2S. The van der Waals surface area contributed by atoms with Gasteiger partial charge in [0, 0.05) is 18.8 Å². The highest BCUT2D eigenvalue weighted by molar-refractivity contribution is 8.13. The molecule has 0 bridgehead atoms. The Morgan fingerprint density at radius 3 is 1.81 bits per heavy atom. The maximum Gasteiger partial charge on any atom is 0.160 e. The first-order valence-electron chi connectivity index (χ1n) is 10.5. The number of methoxy groups -OCH3 is 2. The molecule has 0 saturated carbocycles. The summed E-state index contributed by atoms with van der Waals surface area (Å²) in [4.78, 5) is 7.18. The number of hydrogen-bond donors (Lipinski definition) is 0. The van der Waals surface area contributed by atoms with Crippen LogP contribution in [0.25, 0.3) is 0 Å². The molecule has 0 aliphatic carbocycles. The minimum atomic E-state index is 0.582. The fourth-order valence-corrected chi connectivity index (χ4v) is 4.16. The van der Waals surface area contributed by atoms with Crippen LogP contribution in [0, 0.1) is 0 Å². The first-order valence-corrected chi connectivity index (χ1v) is 11.5. The van der Waals surface area contributed by atoms with Crippen molar-refractivity contribution in [3.8, 4) is 11.5 Å². The molecular weight excluding hydrogens is 416 g/mol. The standard InChI is InChI=1S/C27H30N2O2S/c1-4-18-28-27(32-21-24-8-6-5-7-9-24)29(19-22-10-14-25(30-2)15-11-22)20-23-12-16-26(31-3)17-13-23/h4-17H,1,18-21H2,2-3H3. The second-order valence-electron chi connectivity index (χ2n) is 7.24. The first-order chi connectivity index (χ1) is 15.7. The van der Waals surface area contributed by atoms with Gasteiger partial charge in [-0.15, -0.1) is 6.58 Å². The third-order valence-electron chi connectivity index (χ3n) is 4.90. The van der Waals surface area contributed by atoms with E-state index in [9.17, 15) is 0 Å². The lowest BCUT2D eigenvalue weighted by atomic mass is 10.1. The maximum atomic E-state index is 5.32. The van der Waals surface area contributed by atoms with E-state index < -0.39 is 0 Å². The Labute approximate surface area is 195 Å². The number of ether oxygens (including phenoxy) is 2. The molecule has 5 heteroatoms. The Morgan fingerprint density at radius 1 is 0.812 bits per heavy atom. The molecule has 0 fully saturated rings. The van der Waals surface area contributed by atoms with E-state index in [-0.39, 0.29) is 0 Å². The van der Waals surface area contributed by atoms with Crippen molar-refractivity contribution in [1.82, 2.24) is 4.90 Å². The monoisotopic (exact) mass is 446 g/mol. The molecule has 0 radical (unpaired) electrons. The summed E-state index contributed by atoms with van der Waals surface area (Å²) >= 11 is 1.76. The van der Waals surface area contributed by atoms with Crippen LogP contribution in [-0.2, 0) is 18.8 Å². The zero-order valence-corrected chi connectivity index (χ0v) is 19.6. The molecule has 166 valence electrons. The molecule has 3 aromatic rings. The first kappa shape index (κ1) is 23.5. The van der Waals surface area contributed by atoms with E-state index in [1.54, 1.807) is 26.0 Å². The largest absolute Gasteiger partial charge is 0.497 e. The van der Waals surface area contributed by atoms with Gasteiger partial charge < -0.3 is 14.4 Å². The van der Waals surface area contributed by atoms with Gasteiger partial charge in [-0.3, -0.25) is 4.99 Å². The van der Waals surface area contributed by atoms with Crippen molar-refractivity contribution in [2.45, 2.75) is 18.8 Å². The van der Waals surface area contributed by atoms with Crippen molar-refractivity contribution in [3.63, 3.8) is 0 Å². The van der Waals surface area contributed by atoms with Gasteiger partial charge in [0.05, 0.1) is 20.8 Å². The lowest BCUT2D eigenvalue weighted by molar-refractivity contribution is 0.405. The van der Waals surface area contributed by atoms with Gasteiger partial charge in [0.2, 0.25) is 0 Å². The minimum Gasteiger partial charge on any atom is -0.497 e. The van der Waals surface area contributed by atoms with Crippen molar-refractivity contribution in [3.05, 3.63) is 108 Å². The van der Waals surface area contributed by atoms with Crippen molar-refractivity contribution in [1.29, 1.82) is 0 Å². The van der Waals surface area contributed by atoms with E-state index in [2.05, 4.69) is 60.0 Å². The molecule has 0 aliphatic heterocycles. The smallest absolute Gasteiger partial charge is 0.160 e. The number of nitrogens with zero attached hydrogens (tertiary/aromatic N) is 2. The van der Waals surface area contributed by atoms with E-state index in [0.29, 0.717) is 6.54 Å². The second-order valence-corrected chi connectivity index (χ2v) is 8.18. The summed E-state index contributed by atoms with van der Waals surface area (Å²) in [6, 6.07) is 26.9.